The molecule has 6 nitrogen and oxygen atoms in total. The number of halogens is 1. The van der Waals surface area contributed by atoms with Gasteiger partial charge in [-0.15, -0.1) is 6.42 Å². The number of nitrogens with zero attached hydrogens (tertiary/aromatic N) is 3. The van der Waals surface area contributed by atoms with E-state index in [4.69, 9.17) is 18.0 Å². The van der Waals surface area contributed by atoms with E-state index in [2.05, 4.69) is 23.9 Å². The van der Waals surface area contributed by atoms with Crippen molar-refractivity contribution in [3.8, 4) is 12.3 Å². The SMILES string of the molecule is C#CCn1c(=NC(=O)C2CCCN(S(=O)(=O)c3ccc(Cl)cc3)C2)sc2cc(CC)ccc21. The number of aromatic nitrogens is 1. The zero-order valence-corrected chi connectivity index (χ0v) is 20.6. The van der Waals surface area contributed by atoms with Crippen molar-refractivity contribution in [2.24, 2.45) is 10.9 Å². The zero-order chi connectivity index (χ0) is 23.6. The zero-order valence-electron chi connectivity index (χ0n) is 18.2. The number of hydrogen-bond acceptors (Lipinski definition) is 4. The van der Waals surface area contributed by atoms with E-state index in [-0.39, 0.29) is 17.3 Å². The summed E-state index contributed by atoms with van der Waals surface area (Å²) in [5.41, 5.74) is 2.14. The van der Waals surface area contributed by atoms with Crippen molar-refractivity contribution in [2.45, 2.75) is 37.6 Å². The lowest BCUT2D eigenvalue weighted by Crippen LogP contribution is -2.42. The second-order valence-corrected chi connectivity index (χ2v) is 11.3. The number of fused-ring (bicyclic) bond motifs is 1. The van der Waals surface area contributed by atoms with Crippen LogP contribution in [0.4, 0.5) is 0 Å². The fraction of sp³-hybridized carbons (Fsp3) is 0.333. The first-order valence-electron chi connectivity index (χ1n) is 10.7. The number of benzene rings is 2. The number of thiazole rings is 1. The molecule has 9 heteroatoms. The van der Waals surface area contributed by atoms with Gasteiger partial charge < -0.3 is 4.57 Å². The Hall–Kier alpha value is -2.44. The van der Waals surface area contributed by atoms with Crippen molar-refractivity contribution < 1.29 is 13.2 Å². The highest BCUT2D eigenvalue weighted by Crippen LogP contribution is 2.26. The van der Waals surface area contributed by atoms with Gasteiger partial charge in [-0.3, -0.25) is 4.79 Å². The van der Waals surface area contributed by atoms with Crippen LogP contribution in [0.5, 0.6) is 0 Å². The monoisotopic (exact) mass is 501 g/mol. The summed E-state index contributed by atoms with van der Waals surface area (Å²) in [5.74, 6) is 1.81. The van der Waals surface area contributed by atoms with E-state index in [1.165, 1.54) is 33.3 Å². The first-order chi connectivity index (χ1) is 15.8. The summed E-state index contributed by atoms with van der Waals surface area (Å²) in [6.07, 6.45) is 7.66. The molecule has 0 aliphatic carbocycles. The molecule has 0 bridgehead atoms. The van der Waals surface area contributed by atoms with Crippen LogP contribution in [0.25, 0.3) is 10.2 Å². The maximum Gasteiger partial charge on any atom is 0.252 e. The average Bonchev–Trinajstić information content (AvgIpc) is 3.15. The Morgan fingerprint density at radius 3 is 2.73 bits per heavy atom. The third-order valence-corrected chi connectivity index (χ3v) is 8.97. The van der Waals surface area contributed by atoms with E-state index in [0.717, 1.165) is 16.6 Å². The van der Waals surface area contributed by atoms with Gasteiger partial charge in [-0.1, -0.05) is 41.8 Å². The lowest BCUT2D eigenvalue weighted by Gasteiger charge is -2.30. The van der Waals surface area contributed by atoms with Crippen LogP contribution in [0, 0.1) is 18.3 Å². The number of piperidine rings is 1. The Labute approximate surface area is 202 Å². The molecule has 4 rings (SSSR count). The summed E-state index contributed by atoms with van der Waals surface area (Å²) >= 11 is 7.32. The fourth-order valence-electron chi connectivity index (χ4n) is 3.97. The van der Waals surface area contributed by atoms with Crippen LogP contribution in [0.2, 0.25) is 5.02 Å². The molecule has 1 atom stereocenters. The topological polar surface area (TPSA) is 71.7 Å². The van der Waals surface area contributed by atoms with E-state index in [9.17, 15) is 13.2 Å². The van der Waals surface area contributed by atoms with Crippen molar-refractivity contribution in [3.63, 3.8) is 0 Å². The van der Waals surface area contributed by atoms with E-state index in [1.807, 2.05) is 16.7 Å². The summed E-state index contributed by atoms with van der Waals surface area (Å²) in [6.45, 7) is 2.87. The average molecular weight is 502 g/mol. The van der Waals surface area contributed by atoms with Gasteiger partial charge in [0.05, 0.1) is 27.6 Å². The van der Waals surface area contributed by atoms with Gasteiger partial charge in [0, 0.05) is 18.1 Å². The predicted molar refractivity (Wildman–Crippen MR) is 132 cm³/mol. The van der Waals surface area contributed by atoms with Crippen LogP contribution in [-0.2, 0) is 27.8 Å². The number of carbonyl (C=O) groups excluding carboxylic acids is 1. The van der Waals surface area contributed by atoms with E-state index < -0.39 is 15.9 Å². The molecule has 1 aromatic heterocycles. The molecule has 1 saturated heterocycles. The molecule has 2 heterocycles. The second kappa shape index (κ2) is 9.82. The van der Waals surface area contributed by atoms with E-state index in [1.54, 1.807) is 12.1 Å². The number of carbonyl (C=O) groups is 1. The standard InChI is InChI=1S/C24H24ClN3O3S2/c1-3-13-28-21-12-7-17(4-2)15-22(21)32-24(28)26-23(29)18-6-5-14-27(16-18)33(30,31)20-10-8-19(25)9-11-20/h1,7-12,15,18H,4-6,13-14,16H2,2H3. The van der Waals surface area contributed by atoms with Crippen LogP contribution in [-0.4, -0.2) is 36.3 Å². The molecule has 172 valence electrons. The Morgan fingerprint density at radius 2 is 2.03 bits per heavy atom. The minimum absolute atomic E-state index is 0.104. The summed E-state index contributed by atoms with van der Waals surface area (Å²) in [6, 6.07) is 12.2. The van der Waals surface area contributed by atoms with Gasteiger partial charge in [0.2, 0.25) is 10.0 Å². The number of rotatable bonds is 5. The molecule has 0 N–H and O–H groups in total. The lowest BCUT2D eigenvalue weighted by atomic mass is 9.99. The molecule has 0 spiro atoms. The van der Waals surface area contributed by atoms with Gasteiger partial charge in [0.1, 0.15) is 0 Å². The molecule has 3 aromatic rings. The molecule has 1 aliphatic rings. The quantitative estimate of drug-likeness (QED) is 0.494. The number of aryl methyl sites for hydroxylation is 1. The Kier molecular flexibility index (Phi) is 7.05. The van der Waals surface area contributed by atoms with Crippen LogP contribution in [0.3, 0.4) is 0 Å². The minimum Gasteiger partial charge on any atom is -0.305 e. The number of amides is 1. The summed E-state index contributed by atoms with van der Waals surface area (Å²) in [5, 5.41) is 0.467. The molecule has 0 saturated carbocycles. The van der Waals surface area contributed by atoms with Crippen molar-refractivity contribution in [3.05, 3.63) is 57.9 Å². The van der Waals surface area contributed by atoms with Gasteiger partial charge in [-0.05, 0) is 61.2 Å². The highest BCUT2D eigenvalue weighted by molar-refractivity contribution is 7.89. The highest BCUT2D eigenvalue weighted by Gasteiger charge is 2.33. The number of sulfonamides is 1. The first kappa shape index (κ1) is 23.7. The minimum atomic E-state index is -3.71. The molecule has 1 unspecified atom stereocenters. The Bertz CT molecular complexity index is 1400. The van der Waals surface area contributed by atoms with E-state index >= 15 is 0 Å². The fourth-order valence-corrected chi connectivity index (χ4v) is 6.72. The Balaban J connectivity index is 1.63. The molecular weight excluding hydrogens is 478 g/mol. The van der Waals surface area contributed by atoms with Gasteiger partial charge in [0.25, 0.3) is 5.91 Å². The first-order valence-corrected chi connectivity index (χ1v) is 13.4. The largest absolute Gasteiger partial charge is 0.305 e. The Morgan fingerprint density at radius 1 is 1.27 bits per heavy atom. The molecule has 0 radical (unpaired) electrons. The van der Waals surface area contributed by atoms with Crippen molar-refractivity contribution >= 4 is 49.1 Å². The summed E-state index contributed by atoms with van der Waals surface area (Å²) in [4.78, 5) is 18.2. The van der Waals surface area contributed by atoms with Crippen LogP contribution in [0.15, 0.2) is 52.4 Å². The molecule has 1 amide bonds. The predicted octanol–water partition coefficient (Wildman–Crippen LogP) is 4.08. The van der Waals surface area contributed by atoms with Crippen molar-refractivity contribution in [1.29, 1.82) is 0 Å². The van der Waals surface area contributed by atoms with E-state index in [0.29, 0.717) is 35.8 Å². The number of terminal acetylenes is 1. The summed E-state index contributed by atoms with van der Waals surface area (Å²) < 4.78 is 30.4. The molecular formula is C24H24ClN3O3S2. The third kappa shape index (κ3) is 4.92. The van der Waals surface area contributed by atoms with Crippen LogP contribution < -0.4 is 4.80 Å². The van der Waals surface area contributed by atoms with Gasteiger partial charge >= 0.3 is 0 Å². The maximum absolute atomic E-state index is 13.1. The molecule has 1 aliphatic heterocycles. The van der Waals surface area contributed by atoms with Crippen molar-refractivity contribution in [2.75, 3.05) is 13.1 Å². The van der Waals surface area contributed by atoms with Gasteiger partial charge in [-0.2, -0.15) is 9.30 Å². The lowest BCUT2D eigenvalue weighted by molar-refractivity contribution is -0.122. The molecule has 33 heavy (non-hydrogen) atoms. The summed E-state index contributed by atoms with van der Waals surface area (Å²) in [7, 11) is -3.71. The number of hydrogen-bond donors (Lipinski definition) is 0. The molecule has 2 aromatic carbocycles. The molecule has 1 fully saturated rings. The maximum atomic E-state index is 13.1. The van der Waals surface area contributed by atoms with Gasteiger partial charge in [-0.25, -0.2) is 8.42 Å². The smallest absolute Gasteiger partial charge is 0.252 e. The van der Waals surface area contributed by atoms with Crippen LogP contribution in [0.1, 0.15) is 25.3 Å². The van der Waals surface area contributed by atoms with Crippen LogP contribution >= 0.6 is 22.9 Å². The highest BCUT2D eigenvalue weighted by atomic mass is 35.5. The third-order valence-electron chi connectivity index (χ3n) is 5.80. The van der Waals surface area contributed by atoms with Crippen molar-refractivity contribution in [1.82, 2.24) is 8.87 Å². The normalized spacial score (nSPS) is 17.8. The van der Waals surface area contributed by atoms with Gasteiger partial charge in [0.15, 0.2) is 4.80 Å². The second-order valence-electron chi connectivity index (χ2n) is 7.94.